The van der Waals surface area contributed by atoms with E-state index < -0.39 is 5.79 Å². The molecule has 1 amide bonds. The van der Waals surface area contributed by atoms with Gasteiger partial charge < -0.3 is 14.8 Å². The molecule has 0 bridgehead atoms. The lowest BCUT2D eigenvalue weighted by atomic mass is 10.2. The standard InChI is InChI=1S/C23H23N3O4S2/c1-26-21(28)19-14-5-4-6-17(14)32-20(19)25-22(26)31-12-18(27)24-13-7-8-15-16(11-13)30-23(29-15)9-2-3-10-23/h7-8,11H,2-6,9-10,12H2,1H3,(H,24,27). The van der Waals surface area contributed by atoms with Gasteiger partial charge in [-0.1, -0.05) is 11.8 Å². The van der Waals surface area contributed by atoms with Crippen molar-refractivity contribution in [2.45, 2.75) is 55.9 Å². The number of carbonyl (C=O) groups is 1. The van der Waals surface area contributed by atoms with Crippen LogP contribution in [-0.4, -0.2) is 27.0 Å². The van der Waals surface area contributed by atoms with E-state index in [1.165, 1.54) is 22.2 Å². The number of aryl methyl sites for hydroxylation is 2. The second kappa shape index (κ2) is 7.52. The topological polar surface area (TPSA) is 82.5 Å². The zero-order valence-electron chi connectivity index (χ0n) is 17.7. The summed E-state index contributed by atoms with van der Waals surface area (Å²) in [5.74, 6) is 0.896. The number of nitrogens with one attached hydrogen (secondary N) is 1. The predicted octanol–water partition coefficient (Wildman–Crippen LogP) is 4.26. The minimum atomic E-state index is -0.516. The van der Waals surface area contributed by atoms with Gasteiger partial charge in [-0.05, 0) is 49.8 Å². The summed E-state index contributed by atoms with van der Waals surface area (Å²) >= 11 is 2.89. The Bertz CT molecular complexity index is 1310. The molecule has 1 aliphatic heterocycles. The summed E-state index contributed by atoms with van der Waals surface area (Å²) in [6.45, 7) is 0. The molecule has 0 saturated heterocycles. The molecule has 0 radical (unpaired) electrons. The van der Waals surface area contributed by atoms with Crippen LogP contribution in [0.3, 0.4) is 0 Å². The minimum absolute atomic E-state index is 0.0195. The van der Waals surface area contributed by atoms with Crippen molar-refractivity contribution in [1.29, 1.82) is 0 Å². The van der Waals surface area contributed by atoms with Crippen LogP contribution < -0.4 is 20.3 Å². The second-order valence-electron chi connectivity index (χ2n) is 8.62. The molecule has 1 fully saturated rings. The molecule has 6 rings (SSSR count). The van der Waals surface area contributed by atoms with Crippen molar-refractivity contribution < 1.29 is 14.3 Å². The fourth-order valence-electron chi connectivity index (χ4n) is 4.85. The van der Waals surface area contributed by atoms with Gasteiger partial charge in [0.1, 0.15) is 4.83 Å². The van der Waals surface area contributed by atoms with Gasteiger partial charge in [0, 0.05) is 36.5 Å². The summed E-state index contributed by atoms with van der Waals surface area (Å²) in [7, 11) is 1.73. The lowest BCUT2D eigenvalue weighted by Gasteiger charge is -2.21. The molecule has 166 valence electrons. The molecule has 7 nitrogen and oxygen atoms in total. The van der Waals surface area contributed by atoms with Gasteiger partial charge in [-0.3, -0.25) is 14.2 Å². The van der Waals surface area contributed by atoms with Crippen LogP contribution in [0.25, 0.3) is 10.2 Å². The molecule has 0 unspecified atom stereocenters. The Morgan fingerprint density at radius 2 is 2.03 bits per heavy atom. The second-order valence-corrected chi connectivity index (χ2v) is 10.6. The first-order valence-electron chi connectivity index (χ1n) is 11.0. The van der Waals surface area contributed by atoms with Crippen molar-refractivity contribution in [1.82, 2.24) is 9.55 Å². The highest BCUT2D eigenvalue weighted by atomic mass is 32.2. The number of benzene rings is 1. The van der Waals surface area contributed by atoms with Crippen LogP contribution in [0.2, 0.25) is 0 Å². The average molecular weight is 470 g/mol. The van der Waals surface area contributed by atoms with Crippen molar-refractivity contribution in [2.24, 2.45) is 7.05 Å². The first kappa shape index (κ1) is 20.1. The van der Waals surface area contributed by atoms with E-state index in [4.69, 9.17) is 14.5 Å². The Labute approximate surface area is 193 Å². The number of nitrogens with zero attached hydrogens (tertiary/aromatic N) is 2. The van der Waals surface area contributed by atoms with Gasteiger partial charge in [-0.2, -0.15) is 0 Å². The Hall–Kier alpha value is -2.52. The SMILES string of the molecule is Cn1c(SCC(=O)Nc2ccc3c(c2)OC2(CCCC2)O3)nc2sc3c(c2c1=O)CCC3. The zero-order valence-corrected chi connectivity index (χ0v) is 19.4. The van der Waals surface area contributed by atoms with Crippen LogP contribution >= 0.6 is 23.1 Å². The van der Waals surface area contributed by atoms with Crippen molar-refractivity contribution >= 4 is 44.9 Å². The van der Waals surface area contributed by atoms with Gasteiger partial charge in [-0.25, -0.2) is 4.98 Å². The van der Waals surface area contributed by atoms with Crippen LogP contribution in [0, 0.1) is 0 Å². The first-order chi connectivity index (χ1) is 15.5. The lowest BCUT2D eigenvalue weighted by molar-refractivity contribution is -0.113. The number of amides is 1. The summed E-state index contributed by atoms with van der Waals surface area (Å²) < 4.78 is 13.7. The number of hydrogen-bond donors (Lipinski definition) is 1. The molecule has 3 aromatic rings. The summed E-state index contributed by atoms with van der Waals surface area (Å²) in [5.41, 5.74) is 1.82. The third kappa shape index (κ3) is 3.29. The van der Waals surface area contributed by atoms with Crippen molar-refractivity contribution in [3.05, 3.63) is 39.0 Å². The maximum Gasteiger partial charge on any atom is 0.262 e. The summed E-state index contributed by atoms with van der Waals surface area (Å²) in [6.07, 6.45) is 7.08. The van der Waals surface area contributed by atoms with Gasteiger partial charge in [0.05, 0.1) is 11.1 Å². The molecule has 3 aliphatic rings. The van der Waals surface area contributed by atoms with Crippen LogP contribution in [0.5, 0.6) is 11.5 Å². The Morgan fingerprint density at radius 1 is 1.22 bits per heavy atom. The quantitative estimate of drug-likeness (QED) is 0.454. The number of rotatable bonds is 4. The lowest BCUT2D eigenvalue weighted by Crippen LogP contribution is -2.34. The van der Waals surface area contributed by atoms with Gasteiger partial charge in [0.25, 0.3) is 11.3 Å². The van der Waals surface area contributed by atoms with Crippen LogP contribution in [0.15, 0.2) is 28.2 Å². The molecule has 32 heavy (non-hydrogen) atoms. The van der Waals surface area contributed by atoms with Crippen LogP contribution in [0.4, 0.5) is 5.69 Å². The normalized spacial score (nSPS) is 17.9. The van der Waals surface area contributed by atoms with E-state index in [1.807, 2.05) is 18.2 Å². The Kier molecular flexibility index (Phi) is 4.73. The van der Waals surface area contributed by atoms with E-state index in [0.717, 1.165) is 60.9 Å². The molecule has 1 N–H and O–H groups in total. The number of aromatic nitrogens is 2. The fourth-order valence-corrected chi connectivity index (χ4v) is 6.93. The number of hydrogen-bond acceptors (Lipinski definition) is 7. The van der Waals surface area contributed by atoms with Crippen molar-refractivity contribution in [3.8, 4) is 11.5 Å². The molecule has 2 aliphatic carbocycles. The number of ether oxygens (including phenoxy) is 2. The highest BCUT2D eigenvalue weighted by molar-refractivity contribution is 7.99. The van der Waals surface area contributed by atoms with E-state index in [1.54, 1.807) is 23.0 Å². The maximum absolute atomic E-state index is 12.9. The van der Waals surface area contributed by atoms with Crippen LogP contribution in [-0.2, 0) is 24.7 Å². The van der Waals surface area contributed by atoms with E-state index in [0.29, 0.717) is 16.6 Å². The number of anilines is 1. The molecule has 3 heterocycles. The van der Waals surface area contributed by atoms with Gasteiger partial charge in [-0.15, -0.1) is 11.3 Å². The maximum atomic E-state index is 12.9. The molecule has 9 heteroatoms. The van der Waals surface area contributed by atoms with Gasteiger partial charge in [0.15, 0.2) is 16.7 Å². The highest BCUT2D eigenvalue weighted by Gasteiger charge is 2.44. The largest absolute Gasteiger partial charge is 0.448 e. The summed E-state index contributed by atoms with van der Waals surface area (Å²) in [6, 6.07) is 5.49. The average Bonchev–Trinajstić information content (AvgIpc) is 3.53. The number of carbonyl (C=O) groups excluding carboxylic acids is 1. The molecule has 1 saturated carbocycles. The third-order valence-electron chi connectivity index (χ3n) is 6.42. The summed E-state index contributed by atoms with van der Waals surface area (Å²) in [5, 5.41) is 4.24. The molecule has 2 aromatic heterocycles. The molecular formula is C23H23N3O4S2. The number of thiophene rings is 1. The third-order valence-corrected chi connectivity index (χ3v) is 8.64. The Morgan fingerprint density at radius 3 is 2.88 bits per heavy atom. The zero-order chi connectivity index (χ0) is 21.9. The monoisotopic (exact) mass is 469 g/mol. The minimum Gasteiger partial charge on any atom is -0.448 e. The molecule has 0 atom stereocenters. The molecular weight excluding hydrogens is 446 g/mol. The molecule has 1 aromatic carbocycles. The Balaban J connectivity index is 1.15. The van der Waals surface area contributed by atoms with E-state index in [9.17, 15) is 9.59 Å². The van der Waals surface area contributed by atoms with Crippen molar-refractivity contribution in [2.75, 3.05) is 11.1 Å². The highest BCUT2D eigenvalue weighted by Crippen LogP contribution is 2.47. The fraction of sp³-hybridized carbons (Fsp3) is 0.435. The van der Waals surface area contributed by atoms with E-state index >= 15 is 0 Å². The smallest absolute Gasteiger partial charge is 0.262 e. The predicted molar refractivity (Wildman–Crippen MR) is 125 cm³/mol. The van der Waals surface area contributed by atoms with Crippen molar-refractivity contribution in [3.63, 3.8) is 0 Å². The van der Waals surface area contributed by atoms with Crippen LogP contribution in [0.1, 0.15) is 42.5 Å². The number of thioether (sulfide) groups is 1. The summed E-state index contributed by atoms with van der Waals surface area (Å²) in [4.78, 5) is 32.3. The first-order valence-corrected chi connectivity index (χ1v) is 12.8. The van der Waals surface area contributed by atoms with Gasteiger partial charge >= 0.3 is 0 Å². The van der Waals surface area contributed by atoms with E-state index in [2.05, 4.69) is 5.32 Å². The van der Waals surface area contributed by atoms with Gasteiger partial charge in [0.2, 0.25) is 5.91 Å². The number of fused-ring (bicyclic) bond motifs is 4. The van der Waals surface area contributed by atoms with E-state index in [-0.39, 0.29) is 17.2 Å². The molecule has 1 spiro atoms.